The molecule has 3 N–H and O–H groups in total. The number of carbonyl (C=O) groups excluding carboxylic acids is 1. The van der Waals surface area contributed by atoms with Gasteiger partial charge in [-0.3, -0.25) is 4.79 Å². The highest BCUT2D eigenvalue weighted by molar-refractivity contribution is 14.1. The summed E-state index contributed by atoms with van der Waals surface area (Å²) >= 11 is 8.54. The molecule has 0 bridgehead atoms. The largest absolute Gasteiger partial charge is 0.384 e. The fourth-order valence-electron chi connectivity index (χ4n) is 2.68. The number of amides is 1. The van der Waals surface area contributed by atoms with E-state index in [2.05, 4.69) is 43.1 Å². The van der Waals surface area contributed by atoms with Crippen LogP contribution < -0.4 is 11.1 Å². The van der Waals surface area contributed by atoms with Crippen LogP contribution in [0, 0.1) is 10.5 Å². The van der Waals surface area contributed by atoms with Crippen LogP contribution in [-0.4, -0.2) is 30.3 Å². The first-order valence-corrected chi connectivity index (χ1v) is 9.32. The van der Waals surface area contributed by atoms with Crippen molar-refractivity contribution in [3.63, 3.8) is 0 Å². The van der Waals surface area contributed by atoms with Crippen molar-refractivity contribution in [2.45, 2.75) is 6.92 Å². The Morgan fingerprint density at radius 1 is 1.33 bits per heavy atom. The Bertz CT molecular complexity index is 1160. The molecule has 0 aliphatic heterocycles. The van der Waals surface area contributed by atoms with Crippen molar-refractivity contribution in [2.75, 3.05) is 11.1 Å². The molecule has 136 valence electrons. The summed E-state index contributed by atoms with van der Waals surface area (Å²) in [6.07, 6.45) is 3.10. The third kappa shape index (κ3) is 3.23. The molecule has 0 atom stereocenters. The van der Waals surface area contributed by atoms with Gasteiger partial charge < -0.3 is 11.1 Å². The first-order chi connectivity index (χ1) is 12.9. The van der Waals surface area contributed by atoms with E-state index in [0.29, 0.717) is 33.6 Å². The van der Waals surface area contributed by atoms with Gasteiger partial charge in [0, 0.05) is 15.8 Å². The number of hydrogen-bond acceptors (Lipinski definition) is 5. The van der Waals surface area contributed by atoms with Crippen molar-refractivity contribution < 1.29 is 4.79 Å². The van der Waals surface area contributed by atoms with Crippen LogP contribution in [0.25, 0.3) is 11.3 Å². The number of aromatic nitrogens is 5. The Labute approximate surface area is 172 Å². The number of nitrogen functional groups attached to an aromatic ring is 1. The van der Waals surface area contributed by atoms with Crippen LogP contribution in [0.1, 0.15) is 16.1 Å². The van der Waals surface area contributed by atoms with Crippen LogP contribution in [-0.2, 0) is 0 Å². The van der Waals surface area contributed by atoms with Crippen LogP contribution in [0.2, 0.25) is 5.02 Å². The van der Waals surface area contributed by atoms with E-state index in [1.807, 2.05) is 19.1 Å². The Morgan fingerprint density at radius 2 is 2.15 bits per heavy atom. The molecule has 27 heavy (non-hydrogen) atoms. The quantitative estimate of drug-likeness (QED) is 0.426. The summed E-state index contributed by atoms with van der Waals surface area (Å²) in [4.78, 5) is 17.0. The molecule has 0 radical (unpaired) electrons. The lowest BCUT2D eigenvalue weighted by atomic mass is 10.3. The Hall–Kier alpha value is -2.66. The number of rotatable bonds is 3. The van der Waals surface area contributed by atoms with Gasteiger partial charge in [0.25, 0.3) is 5.91 Å². The highest BCUT2D eigenvalue weighted by Gasteiger charge is 2.19. The minimum absolute atomic E-state index is 0.307. The summed E-state index contributed by atoms with van der Waals surface area (Å²) in [5, 5.41) is 12.0. The van der Waals surface area contributed by atoms with Crippen molar-refractivity contribution in [1.29, 1.82) is 0 Å². The number of hydrogen-bond donors (Lipinski definition) is 2. The van der Waals surface area contributed by atoms with E-state index in [-0.39, 0.29) is 5.91 Å². The number of anilines is 2. The molecule has 0 saturated carbocycles. The van der Waals surface area contributed by atoms with Gasteiger partial charge in [-0.25, -0.2) is 14.2 Å². The van der Waals surface area contributed by atoms with Gasteiger partial charge >= 0.3 is 0 Å². The molecule has 0 aliphatic rings. The number of nitrogens with two attached hydrogens (primary N) is 1. The maximum absolute atomic E-state index is 12.8. The fourth-order valence-corrected chi connectivity index (χ4v) is 3.82. The van der Waals surface area contributed by atoms with Crippen LogP contribution in [0.4, 0.5) is 11.6 Å². The molecule has 8 nitrogen and oxygen atoms in total. The van der Waals surface area contributed by atoms with E-state index >= 15 is 0 Å². The Kier molecular flexibility index (Phi) is 4.48. The Morgan fingerprint density at radius 3 is 2.93 bits per heavy atom. The third-order valence-corrected chi connectivity index (χ3v) is 5.03. The molecule has 0 saturated heterocycles. The van der Waals surface area contributed by atoms with Crippen molar-refractivity contribution in [3.05, 3.63) is 62.6 Å². The molecular formula is C17H13ClIN7O. The SMILES string of the molecule is Cc1cc(NC(=O)c2cnn3ccc(N)nc23)n(-c2c(Cl)cccc2I)n1. The monoisotopic (exact) mass is 493 g/mol. The second-order valence-electron chi connectivity index (χ2n) is 5.79. The second-order valence-corrected chi connectivity index (χ2v) is 7.36. The number of fused-ring (bicyclic) bond motifs is 1. The van der Waals surface area contributed by atoms with Crippen molar-refractivity contribution in [1.82, 2.24) is 24.4 Å². The number of aryl methyl sites for hydroxylation is 1. The van der Waals surface area contributed by atoms with Gasteiger partial charge in [0.2, 0.25) is 0 Å². The molecule has 4 rings (SSSR count). The lowest BCUT2D eigenvalue weighted by molar-refractivity contribution is 0.102. The minimum atomic E-state index is -0.369. The van der Waals surface area contributed by atoms with Crippen molar-refractivity contribution in [2.24, 2.45) is 0 Å². The molecule has 0 fully saturated rings. The van der Waals surface area contributed by atoms with Gasteiger partial charge in [-0.2, -0.15) is 10.2 Å². The number of para-hydroxylation sites is 1. The topological polar surface area (TPSA) is 103 Å². The standard InChI is InChI=1S/C17H13ClIN7O/c1-9-7-14(26(24-9)15-11(18)3-2-4-12(15)19)23-17(27)10-8-21-25-6-5-13(20)22-16(10)25/h2-8H,1H3,(H2,20,22)(H,23,27). The molecule has 1 aromatic carbocycles. The smallest absolute Gasteiger partial charge is 0.262 e. The number of carbonyl (C=O) groups is 1. The third-order valence-electron chi connectivity index (χ3n) is 3.86. The van der Waals surface area contributed by atoms with Crippen LogP contribution in [0.5, 0.6) is 0 Å². The zero-order chi connectivity index (χ0) is 19.1. The summed E-state index contributed by atoms with van der Waals surface area (Å²) in [7, 11) is 0. The summed E-state index contributed by atoms with van der Waals surface area (Å²) in [6.45, 7) is 1.84. The maximum atomic E-state index is 12.8. The summed E-state index contributed by atoms with van der Waals surface area (Å²) in [6, 6.07) is 8.93. The van der Waals surface area contributed by atoms with Gasteiger partial charge in [0.15, 0.2) is 5.65 Å². The first kappa shape index (κ1) is 17.7. The van der Waals surface area contributed by atoms with Gasteiger partial charge in [0.05, 0.1) is 22.6 Å². The zero-order valence-corrected chi connectivity index (χ0v) is 16.9. The zero-order valence-electron chi connectivity index (χ0n) is 14.0. The minimum Gasteiger partial charge on any atom is -0.384 e. The molecule has 10 heteroatoms. The fraction of sp³-hybridized carbons (Fsp3) is 0.0588. The van der Waals surface area contributed by atoms with Gasteiger partial charge in [-0.15, -0.1) is 0 Å². The molecule has 3 aromatic heterocycles. The summed E-state index contributed by atoms with van der Waals surface area (Å²) in [5.74, 6) is 0.432. The average Bonchev–Trinajstić information content (AvgIpc) is 3.18. The molecule has 0 unspecified atom stereocenters. The molecule has 0 spiro atoms. The molecular weight excluding hydrogens is 481 g/mol. The summed E-state index contributed by atoms with van der Waals surface area (Å²) in [5.41, 5.74) is 7.85. The predicted octanol–water partition coefficient (Wildman–Crippen LogP) is 3.32. The van der Waals surface area contributed by atoms with E-state index in [4.69, 9.17) is 17.3 Å². The van der Waals surface area contributed by atoms with E-state index in [1.54, 1.807) is 29.1 Å². The average molecular weight is 494 g/mol. The number of halogens is 2. The van der Waals surface area contributed by atoms with Crippen molar-refractivity contribution in [3.8, 4) is 5.69 Å². The summed E-state index contributed by atoms with van der Waals surface area (Å²) < 4.78 is 4.01. The van der Waals surface area contributed by atoms with E-state index in [9.17, 15) is 4.79 Å². The first-order valence-electron chi connectivity index (χ1n) is 7.86. The lowest BCUT2D eigenvalue weighted by Gasteiger charge is -2.11. The van der Waals surface area contributed by atoms with Crippen LogP contribution in [0.15, 0.2) is 42.7 Å². The van der Waals surface area contributed by atoms with Gasteiger partial charge in [-0.1, -0.05) is 17.7 Å². The second kappa shape index (κ2) is 6.82. The molecule has 1 amide bonds. The normalized spacial score (nSPS) is 11.1. The maximum Gasteiger partial charge on any atom is 0.262 e. The Balaban J connectivity index is 1.75. The van der Waals surface area contributed by atoms with E-state index in [0.717, 1.165) is 9.26 Å². The van der Waals surface area contributed by atoms with E-state index in [1.165, 1.54) is 10.7 Å². The molecule has 4 aromatic rings. The predicted molar refractivity (Wildman–Crippen MR) is 111 cm³/mol. The van der Waals surface area contributed by atoms with Crippen LogP contribution in [0.3, 0.4) is 0 Å². The number of nitrogens with one attached hydrogen (secondary N) is 1. The van der Waals surface area contributed by atoms with Crippen LogP contribution >= 0.6 is 34.2 Å². The molecule has 0 aliphatic carbocycles. The van der Waals surface area contributed by atoms with Gasteiger partial charge in [0.1, 0.15) is 17.2 Å². The number of nitrogens with zero attached hydrogens (tertiary/aromatic N) is 5. The number of benzene rings is 1. The highest BCUT2D eigenvalue weighted by atomic mass is 127. The van der Waals surface area contributed by atoms with Gasteiger partial charge in [-0.05, 0) is 47.7 Å². The van der Waals surface area contributed by atoms with E-state index < -0.39 is 0 Å². The lowest BCUT2D eigenvalue weighted by Crippen LogP contribution is -2.16. The molecule has 3 heterocycles. The highest BCUT2D eigenvalue weighted by Crippen LogP contribution is 2.29. The van der Waals surface area contributed by atoms with Crippen molar-refractivity contribution >= 4 is 57.4 Å².